The molecule has 1 fully saturated rings. The molecule has 1 aliphatic heterocycles. The molecule has 1 aromatic carbocycles. The fraction of sp³-hybridized carbons (Fsp3) is 0.231. The third-order valence-electron chi connectivity index (χ3n) is 3.38. The third kappa shape index (κ3) is 1.48. The lowest BCUT2D eigenvalue weighted by Gasteiger charge is -2.34. The smallest absolute Gasteiger partial charge is 0.310 e. The summed E-state index contributed by atoms with van der Waals surface area (Å²) in [6, 6.07) is 7.87. The van der Waals surface area contributed by atoms with Gasteiger partial charge in [-0.25, -0.2) is 0 Å². The van der Waals surface area contributed by atoms with E-state index in [-0.39, 0.29) is 0 Å². The van der Waals surface area contributed by atoms with E-state index in [9.17, 15) is 9.59 Å². The summed E-state index contributed by atoms with van der Waals surface area (Å²) in [7, 11) is 0. The van der Waals surface area contributed by atoms with Crippen molar-refractivity contribution in [2.45, 2.75) is 12.5 Å². The van der Waals surface area contributed by atoms with Gasteiger partial charge in [-0.1, -0.05) is 18.2 Å². The lowest BCUT2D eigenvalue weighted by molar-refractivity contribution is -0.142. The van der Waals surface area contributed by atoms with Gasteiger partial charge in [0.2, 0.25) is 0 Å². The van der Waals surface area contributed by atoms with Gasteiger partial charge >= 0.3 is 11.8 Å². The number of piperazine rings is 1. The predicted octanol–water partition coefficient (Wildman–Crippen LogP) is 0.629. The third-order valence-corrected chi connectivity index (χ3v) is 3.38. The molecule has 2 amide bonds. The molecule has 0 spiro atoms. The van der Waals surface area contributed by atoms with Crippen LogP contribution in [-0.2, 0) is 15.1 Å². The van der Waals surface area contributed by atoms with Crippen molar-refractivity contribution < 1.29 is 9.59 Å². The van der Waals surface area contributed by atoms with Crippen LogP contribution in [0.5, 0.6) is 0 Å². The number of para-hydroxylation sites is 1. The Bertz CT molecular complexity index is 646. The van der Waals surface area contributed by atoms with Crippen LogP contribution in [-0.4, -0.2) is 23.3 Å². The average molecular weight is 243 g/mol. The van der Waals surface area contributed by atoms with Gasteiger partial charge in [-0.2, -0.15) is 0 Å². The van der Waals surface area contributed by atoms with Gasteiger partial charge in [0.15, 0.2) is 0 Å². The number of aromatic amines is 1. The number of carbonyl (C=O) groups excluding carboxylic acids is 2. The van der Waals surface area contributed by atoms with E-state index >= 15 is 0 Å². The molecule has 0 aliphatic carbocycles. The Hall–Kier alpha value is -2.30. The highest BCUT2D eigenvalue weighted by Gasteiger charge is 2.37. The molecule has 2 heterocycles. The number of aromatic nitrogens is 1. The van der Waals surface area contributed by atoms with E-state index in [0.29, 0.717) is 6.54 Å². The first-order chi connectivity index (χ1) is 8.60. The van der Waals surface area contributed by atoms with Crippen LogP contribution in [0.2, 0.25) is 0 Å². The molecule has 5 nitrogen and oxygen atoms in total. The monoisotopic (exact) mass is 243 g/mol. The number of fused-ring (bicyclic) bond motifs is 1. The van der Waals surface area contributed by atoms with Crippen molar-refractivity contribution in [1.29, 1.82) is 0 Å². The fourth-order valence-corrected chi connectivity index (χ4v) is 2.38. The van der Waals surface area contributed by atoms with E-state index in [4.69, 9.17) is 0 Å². The normalized spacial score (nSPS) is 23.8. The zero-order chi connectivity index (χ0) is 12.8. The number of rotatable bonds is 1. The summed E-state index contributed by atoms with van der Waals surface area (Å²) in [4.78, 5) is 25.9. The van der Waals surface area contributed by atoms with E-state index < -0.39 is 17.4 Å². The SMILES string of the molecule is CC1(c2c[nH]c3ccccc23)CNC(=O)C(=O)N1. The molecule has 0 radical (unpaired) electrons. The molecule has 3 N–H and O–H groups in total. The van der Waals surface area contributed by atoms with Crippen LogP contribution in [0.25, 0.3) is 10.9 Å². The van der Waals surface area contributed by atoms with Crippen LogP contribution >= 0.6 is 0 Å². The molecule has 1 atom stereocenters. The van der Waals surface area contributed by atoms with Crippen molar-refractivity contribution in [3.63, 3.8) is 0 Å². The summed E-state index contributed by atoms with van der Waals surface area (Å²) in [5.74, 6) is -1.17. The van der Waals surface area contributed by atoms with Gasteiger partial charge in [-0.05, 0) is 13.0 Å². The highest BCUT2D eigenvalue weighted by Crippen LogP contribution is 2.29. The van der Waals surface area contributed by atoms with Gasteiger partial charge in [0.1, 0.15) is 0 Å². The Morgan fingerprint density at radius 3 is 2.72 bits per heavy atom. The van der Waals surface area contributed by atoms with E-state index in [0.717, 1.165) is 16.5 Å². The van der Waals surface area contributed by atoms with Gasteiger partial charge < -0.3 is 15.6 Å². The molecule has 1 aromatic heterocycles. The van der Waals surface area contributed by atoms with Gasteiger partial charge in [0, 0.05) is 29.2 Å². The summed E-state index contributed by atoms with van der Waals surface area (Å²) in [5, 5.41) is 6.43. The average Bonchev–Trinajstić information content (AvgIpc) is 2.79. The molecule has 2 aromatic rings. The van der Waals surface area contributed by atoms with Crippen LogP contribution in [0.15, 0.2) is 30.5 Å². The van der Waals surface area contributed by atoms with E-state index in [1.807, 2.05) is 37.4 Å². The molecule has 1 aliphatic rings. The predicted molar refractivity (Wildman–Crippen MR) is 66.8 cm³/mol. The van der Waals surface area contributed by atoms with E-state index in [1.165, 1.54) is 0 Å². The van der Waals surface area contributed by atoms with E-state index in [1.54, 1.807) is 0 Å². The Morgan fingerprint density at radius 1 is 1.17 bits per heavy atom. The molecule has 1 unspecified atom stereocenters. The number of benzene rings is 1. The second-order valence-corrected chi connectivity index (χ2v) is 4.72. The molecular weight excluding hydrogens is 230 g/mol. The highest BCUT2D eigenvalue weighted by molar-refractivity contribution is 6.35. The van der Waals surface area contributed by atoms with Crippen molar-refractivity contribution in [2.24, 2.45) is 0 Å². The van der Waals surface area contributed by atoms with Crippen molar-refractivity contribution in [1.82, 2.24) is 15.6 Å². The van der Waals surface area contributed by atoms with Crippen molar-refractivity contribution in [3.05, 3.63) is 36.0 Å². The molecule has 92 valence electrons. The molecule has 5 heteroatoms. The maximum Gasteiger partial charge on any atom is 0.310 e. The van der Waals surface area contributed by atoms with Crippen molar-refractivity contribution in [3.8, 4) is 0 Å². The maximum absolute atomic E-state index is 11.5. The van der Waals surface area contributed by atoms with Gasteiger partial charge in [0.25, 0.3) is 0 Å². The number of hydrogen-bond acceptors (Lipinski definition) is 2. The minimum atomic E-state index is -0.589. The quantitative estimate of drug-likeness (QED) is 0.643. The van der Waals surface area contributed by atoms with E-state index in [2.05, 4.69) is 15.6 Å². The number of H-pyrrole nitrogens is 1. The number of carbonyl (C=O) groups is 2. The van der Waals surface area contributed by atoms with Crippen LogP contribution < -0.4 is 10.6 Å². The Balaban J connectivity index is 2.09. The molecule has 18 heavy (non-hydrogen) atoms. The summed E-state index contributed by atoms with van der Waals surface area (Å²) in [6.45, 7) is 2.29. The second-order valence-electron chi connectivity index (χ2n) is 4.72. The van der Waals surface area contributed by atoms with Crippen molar-refractivity contribution >= 4 is 22.7 Å². The largest absolute Gasteiger partial charge is 0.361 e. The second kappa shape index (κ2) is 3.60. The fourth-order valence-electron chi connectivity index (χ4n) is 2.38. The summed E-state index contributed by atoms with van der Waals surface area (Å²) >= 11 is 0. The Morgan fingerprint density at radius 2 is 1.94 bits per heavy atom. The minimum Gasteiger partial charge on any atom is -0.361 e. The van der Waals surface area contributed by atoms with Crippen molar-refractivity contribution in [2.75, 3.05) is 6.54 Å². The van der Waals surface area contributed by atoms with Crippen LogP contribution in [0, 0.1) is 0 Å². The highest BCUT2D eigenvalue weighted by atomic mass is 16.2. The topological polar surface area (TPSA) is 74.0 Å². The molecule has 1 saturated heterocycles. The lowest BCUT2D eigenvalue weighted by atomic mass is 9.90. The molecular formula is C13H13N3O2. The first kappa shape index (κ1) is 10.8. The van der Waals surface area contributed by atoms with Gasteiger partial charge in [-0.15, -0.1) is 0 Å². The minimum absolute atomic E-state index is 0.388. The number of hydrogen-bond donors (Lipinski definition) is 3. The standard InChI is InChI=1S/C13H13N3O2/c1-13(7-15-11(17)12(18)16-13)9-6-14-10-5-3-2-4-8(9)10/h2-6,14H,7H2,1H3,(H,15,17)(H,16,18). The summed E-state index contributed by atoms with van der Waals surface area (Å²) < 4.78 is 0. The molecule has 0 saturated carbocycles. The number of amides is 2. The first-order valence-electron chi connectivity index (χ1n) is 5.77. The van der Waals surface area contributed by atoms with Crippen LogP contribution in [0.4, 0.5) is 0 Å². The first-order valence-corrected chi connectivity index (χ1v) is 5.77. The van der Waals surface area contributed by atoms with Crippen LogP contribution in [0.1, 0.15) is 12.5 Å². The maximum atomic E-state index is 11.5. The van der Waals surface area contributed by atoms with Gasteiger partial charge in [0.05, 0.1) is 5.54 Å². The zero-order valence-corrected chi connectivity index (χ0v) is 9.91. The Labute approximate surface area is 104 Å². The van der Waals surface area contributed by atoms with Crippen LogP contribution in [0.3, 0.4) is 0 Å². The van der Waals surface area contributed by atoms with Gasteiger partial charge in [-0.3, -0.25) is 9.59 Å². The summed E-state index contributed by atoms with van der Waals surface area (Å²) in [6.07, 6.45) is 1.88. The summed E-state index contributed by atoms with van der Waals surface area (Å²) in [5.41, 5.74) is 1.41. The lowest BCUT2D eigenvalue weighted by Crippen LogP contribution is -2.60. The molecule has 3 rings (SSSR count). The molecule has 0 bridgehead atoms. The Kier molecular flexibility index (Phi) is 2.16. The zero-order valence-electron chi connectivity index (χ0n) is 9.91. The number of nitrogens with one attached hydrogen (secondary N) is 3.